The van der Waals surface area contributed by atoms with E-state index in [1.807, 2.05) is 36.4 Å². The molecular formula is C16H15NO2. The number of phenolic OH excluding ortho intramolecular Hbond substituents is 1. The van der Waals surface area contributed by atoms with E-state index in [2.05, 4.69) is 12.2 Å². The normalized spacial score (nSPS) is 12.5. The van der Waals surface area contributed by atoms with Crippen LogP contribution in [0.25, 0.3) is 10.8 Å². The van der Waals surface area contributed by atoms with Crippen molar-refractivity contribution >= 4 is 16.5 Å². The van der Waals surface area contributed by atoms with Crippen molar-refractivity contribution in [2.75, 3.05) is 5.32 Å². The van der Waals surface area contributed by atoms with Crippen molar-refractivity contribution in [1.29, 1.82) is 0 Å². The highest BCUT2D eigenvalue weighted by atomic mass is 16.3. The van der Waals surface area contributed by atoms with Crippen molar-refractivity contribution in [2.24, 2.45) is 0 Å². The molecule has 3 nitrogen and oxygen atoms in total. The molecule has 1 atom stereocenters. The first-order valence-electron chi connectivity index (χ1n) is 6.25. The molecule has 96 valence electrons. The Labute approximate surface area is 111 Å². The van der Waals surface area contributed by atoms with Gasteiger partial charge in [0.1, 0.15) is 5.75 Å². The molecule has 2 N–H and O–H groups in total. The zero-order valence-electron chi connectivity index (χ0n) is 10.6. The minimum absolute atomic E-state index is 0.145. The second-order valence-electron chi connectivity index (χ2n) is 4.60. The van der Waals surface area contributed by atoms with E-state index in [1.165, 1.54) is 0 Å². The summed E-state index contributed by atoms with van der Waals surface area (Å²) in [6, 6.07) is 13.5. The highest BCUT2D eigenvalue weighted by Gasteiger charge is 2.09. The number of hydrogen-bond donors (Lipinski definition) is 2. The van der Waals surface area contributed by atoms with Crippen LogP contribution in [0.4, 0.5) is 5.69 Å². The number of anilines is 1. The van der Waals surface area contributed by atoms with Gasteiger partial charge in [-0.25, -0.2) is 0 Å². The van der Waals surface area contributed by atoms with Gasteiger partial charge in [0.2, 0.25) is 0 Å². The molecule has 0 aliphatic heterocycles. The molecule has 0 saturated heterocycles. The Morgan fingerprint density at radius 1 is 1.05 bits per heavy atom. The number of furan rings is 1. The van der Waals surface area contributed by atoms with Gasteiger partial charge in [0, 0.05) is 22.0 Å². The van der Waals surface area contributed by atoms with Gasteiger partial charge in [-0.15, -0.1) is 0 Å². The predicted molar refractivity (Wildman–Crippen MR) is 76.4 cm³/mol. The van der Waals surface area contributed by atoms with E-state index < -0.39 is 0 Å². The maximum atomic E-state index is 9.87. The summed E-state index contributed by atoms with van der Waals surface area (Å²) >= 11 is 0. The van der Waals surface area contributed by atoms with Gasteiger partial charge in [-0.3, -0.25) is 0 Å². The number of phenols is 1. The lowest BCUT2D eigenvalue weighted by atomic mass is 10.1. The first-order valence-corrected chi connectivity index (χ1v) is 6.25. The molecule has 3 heteroatoms. The van der Waals surface area contributed by atoms with E-state index in [0.717, 1.165) is 22.0 Å². The molecule has 2 aromatic carbocycles. The maximum absolute atomic E-state index is 9.87. The molecule has 19 heavy (non-hydrogen) atoms. The van der Waals surface area contributed by atoms with Crippen LogP contribution in [-0.2, 0) is 0 Å². The Morgan fingerprint density at radius 2 is 1.84 bits per heavy atom. The monoisotopic (exact) mass is 253 g/mol. The largest absolute Gasteiger partial charge is 0.507 e. The summed E-state index contributed by atoms with van der Waals surface area (Å²) in [5, 5.41) is 15.2. The molecule has 0 amide bonds. The average molecular weight is 253 g/mol. The van der Waals surface area contributed by atoms with Crippen LogP contribution in [-0.4, -0.2) is 5.11 Å². The molecule has 1 unspecified atom stereocenters. The number of hydrogen-bond acceptors (Lipinski definition) is 3. The molecule has 3 rings (SSSR count). The molecule has 0 aliphatic rings. The number of rotatable bonds is 3. The van der Waals surface area contributed by atoms with E-state index in [0.29, 0.717) is 5.75 Å². The van der Waals surface area contributed by atoms with Crippen molar-refractivity contribution in [2.45, 2.75) is 13.0 Å². The Morgan fingerprint density at radius 3 is 2.63 bits per heavy atom. The number of fused-ring (bicyclic) bond motifs is 1. The maximum Gasteiger partial charge on any atom is 0.123 e. The van der Waals surface area contributed by atoms with Crippen molar-refractivity contribution < 1.29 is 9.52 Å². The van der Waals surface area contributed by atoms with E-state index >= 15 is 0 Å². The van der Waals surface area contributed by atoms with Crippen LogP contribution in [0.2, 0.25) is 0 Å². The summed E-state index contributed by atoms with van der Waals surface area (Å²) in [6.07, 6.45) is 3.41. The Balaban J connectivity index is 1.99. The van der Waals surface area contributed by atoms with Crippen LogP contribution in [0, 0.1) is 0 Å². The summed E-state index contributed by atoms with van der Waals surface area (Å²) in [6.45, 7) is 2.08. The van der Waals surface area contributed by atoms with Gasteiger partial charge in [0.05, 0.1) is 18.6 Å². The van der Waals surface area contributed by atoms with Crippen molar-refractivity contribution in [3.63, 3.8) is 0 Å². The van der Waals surface area contributed by atoms with Crippen molar-refractivity contribution in [3.8, 4) is 5.75 Å². The fourth-order valence-electron chi connectivity index (χ4n) is 2.26. The third-order valence-corrected chi connectivity index (χ3v) is 3.31. The van der Waals surface area contributed by atoms with Gasteiger partial charge in [0.15, 0.2) is 0 Å². The number of nitrogens with one attached hydrogen (secondary N) is 1. The van der Waals surface area contributed by atoms with Gasteiger partial charge >= 0.3 is 0 Å². The predicted octanol–water partition coefficient (Wildman–Crippen LogP) is 4.31. The fourth-order valence-corrected chi connectivity index (χ4v) is 2.26. The van der Waals surface area contributed by atoms with Crippen molar-refractivity contribution in [3.05, 3.63) is 60.6 Å². The third-order valence-electron chi connectivity index (χ3n) is 3.31. The van der Waals surface area contributed by atoms with Gasteiger partial charge in [-0.2, -0.15) is 0 Å². The minimum Gasteiger partial charge on any atom is -0.507 e. The Bertz CT molecular complexity index is 689. The minimum atomic E-state index is 0.145. The van der Waals surface area contributed by atoms with E-state index in [-0.39, 0.29) is 6.04 Å². The standard InChI is InChI=1S/C16H15NO2/c1-11(12-8-9-19-10-12)17-15-6-2-5-14-13(15)4-3-7-16(14)18/h2-11,17-18H,1H3. The van der Waals surface area contributed by atoms with Gasteiger partial charge in [-0.1, -0.05) is 24.3 Å². The lowest BCUT2D eigenvalue weighted by molar-refractivity contribution is 0.481. The summed E-state index contributed by atoms with van der Waals surface area (Å²) in [5.41, 5.74) is 2.10. The van der Waals surface area contributed by atoms with E-state index in [9.17, 15) is 5.11 Å². The first kappa shape index (κ1) is 11.7. The average Bonchev–Trinajstić information content (AvgIpc) is 2.94. The molecule has 1 aromatic heterocycles. The topological polar surface area (TPSA) is 45.4 Å². The zero-order valence-corrected chi connectivity index (χ0v) is 10.6. The van der Waals surface area contributed by atoms with Gasteiger partial charge < -0.3 is 14.8 Å². The van der Waals surface area contributed by atoms with Crippen molar-refractivity contribution in [1.82, 2.24) is 0 Å². The number of benzene rings is 2. The highest BCUT2D eigenvalue weighted by Crippen LogP contribution is 2.31. The molecule has 3 aromatic rings. The molecule has 0 fully saturated rings. The van der Waals surface area contributed by atoms with E-state index in [4.69, 9.17) is 4.42 Å². The first-order chi connectivity index (χ1) is 9.25. The molecule has 1 heterocycles. The molecule has 0 bridgehead atoms. The Hall–Kier alpha value is -2.42. The second-order valence-corrected chi connectivity index (χ2v) is 4.60. The molecule has 0 saturated carbocycles. The SMILES string of the molecule is CC(Nc1cccc2c(O)cccc12)c1ccoc1. The number of aromatic hydroxyl groups is 1. The van der Waals surface area contributed by atoms with Crippen LogP contribution in [0.1, 0.15) is 18.5 Å². The molecule has 0 radical (unpaired) electrons. The smallest absolute Gasteiger partial charge is 0.123 e. The third kappa shape index (κ3) is 2.15. The van der Waals surface area contributed by atoms with Crippen LogP contribution < -0.4 is 5.32 Å². The summed E-state index contributed by atoms with van der Waals surface area (Å²) in [4.78, 5) is 0. The lowest BCUT2D eigenvalue weighted by Crippen LogP contribution is -2.05. The summed E-state index contributed by atoms with van der Waals surface area (Å²) in [5.74, 6) is 0.303. The second kappa shape index (κ2) is 4.69. The summed E-state index contributed by atoms with van der Waals surface area (Å²) < 4.78 is 5.10. The van der Waals surface area contributed by atoms with Crippen LogP contribution in [0.3, 0.4) is 0 Å². The Kier molecular flexibility index (Phi) is 2.88. The molecule has 0 spiro atoms. The van der Waals surface area contributed by atoms with Gasteiger partial charge in [0.25, 0.3) is 0 Å². The molecule has 0 aliphatic carbocycles. The fraction of sp³-hybridized carbons (Fsp3) is 0.125. The summed E-state index contributed by atoms with van der Waals surface area (Å²) in [7, 11) is 0. The highest BCUT2D eigenvalue weighted by molar-refractivity contribution is 5.97. The van der Waals surface area contributed by atoms with Crippen LogP contribution >= 0.6 is 0 Å². The van der Waals surface area contributed by atoms with Crippen LogP contribution in [0.15, 0.2) is 59.4 Å². The quantitative estimate of drug-likeness (QED) is 0.731. The molecular weight excluding hydrogens is 238 g/mol. The van der Waals surface area contributed by atoms with E-state index in [1.54, 1.807) is 18.6 Å². The van der Waals surface area contributed by atoms with Gasteiger partial charge in [-0.05, 0) is 25.1 Å². The zero-order chi connectivity index (χ0) is 13.2. The van der Waals surface area contributed by atoms with Crippen LogP contribution in [0.5, 0.6) is 5.75 Å². The lowest BCUT2D eigenvalue weighted by Gasteiger charge is -2.16.